The van der Waals surface area contributed by atoms with E-state index < -0.39 is 5.82 Å². The van der Waals surface area contributed by atoms with Gasteiger partial charge in [0.2, 0.25) is 0 Å². The molecule has 0 unspecified atom stereocenters. The van der Waals surface area contributed by atoms with E-state index in [1.807, 2.05) is 0 Å². The fourth-order valence-corrected chi connectivity index (χ4v) is 4.33. The number of rotatable bonds is 3. The number of amides is 1. The summed E-state index contributed by atoms with van der Waals surface area (Å²) in [6.45, 7) is 3.85. The highest BCUT2D eigenvalue weighted by molar-refractivity contribution is 8.26. The zero-order chi connectivity index (χ0) is 20.4. The van der Waals surface area contributed by atoms with Crippen molar-refractivity contribution >= 4 is 46.1 Å². The number of thiocarbonyl (C=S) groups is 1. The van der Waals surface area contributed by atoms with E-state index >= 15 is 0 Å². The van der Waals surface area contributed by atoms with Gasteiger partial charge in [0.15, 0.2) is 0 Å². The SMILES string of the molecule is CN1CCCN(c2cncc(-c3ccc(F)c(/C=C4\SC(=S)NC4=O)c3)n2)CC1. The fraction of sp³-hybridized carbons (Fsp3) is 0.300. The average molecular weight is 430 g/mol. The number of aromatic nitrogens is 2. The van der Waals surface area contributed by atoms with Crippen LogP contribution < -0.4 is 10.2 Å². The normalized spacial score (nSPS) is 19.5. The van der Waals surface area contributed by atoms with E-state index in [0.717, 1.165) is 55.7 Å². The van der Waals surface area contributed by atoms with Gasteiger partial charge in [0.05, 0.1) is 23.0 Å². The Kier molecular flexibility index (Phi) is 5.89. The van der Waals surface area contributed by atoms with Crippen molar-refractivity contribution in [2.45, 2.75) is 6.42 Å². The highest BCUT2D eigenvalue weighted by Gasteiger charge is 2.22. The molecule has 150 valence electrons. The molecule has 2 fully saturated rings. The van der Waals surface area contributed by atoms with Crippen molar-refractivity contribution in [2.75, 3.05) is 38.1 Å². The van der Waals surface area contributed by atoms with Crippen LogP contribution in [0.4, 0.5) is 10.2 Å². The first-order valence-corrected chi connectivity index (χ1v) is 10.5. The third-order valence-electron chi connectivity index (χ3n) is 4.89. The maximum absolute atomic E-state index is 14.3. The van der Waals surface area contributed by atoms with E-state index in [-0.39, 0.29) is 5.91 Å². The van der Waals surface area contributed by atoms with Crippen LogP contribution in [0, 0.1) is 5.82 Å². The Morgan fingerprint density at radius 3 is 2.90 bits per heavy atom. The van der Waals surface area contributed by atoms with Gasteiger partial charge >= 0.3 is 0 Å². The van der Waals surface area contributed by atoms with Crippen LogP contribution in [0.15, 0.2) is 35.5 Å². The summed E-state index contributed by atoms with van der Waals surface area (Å²) in [5.74, 6) is 0.1000. The molecule has 2 saturated heterocycles. The lowest BCUT2D eigenvalue weighted by atomic mass is 10.1. The monoisotopic (exact) mass is 429 g/mol. The van der Waals surface area contributed by atoms with Crippen LogP contribution in [0.1, 0.15) is 12.0 Å². The molecule has 29 heavy (non-hydrogen) atoms. The average Bonchev–Trinajstić information content (AvgIpc) is 2.89. The van der Waals surface area contributed by atoms with E-state index in [1.165, 1.54) is 12.1 Å². The van der Waals surface area contributed by atoms with E-state index in [9.17, 15) is 9.18 Å². The van der Waals surface area contributed by atoms with Gasteiger partial charge in [-0.25, -0.2) is 9.37 Å². The number of nitrogens with one attached hydrogen (secondary N) is 1. The van der Waals surface area contributed by atoms with Crippen LogP contribution in [-0.2, 0) is 4.79 Å². The van der Waals surface area contributed by atoms with Crippen LogP contribution in [-0.4, -0.2) is 58.3 Å². The molecule has 9 heteroatoms. The number of hydrogen-bond donors (Lipinski definition) is 1. The first kappa shape index (κ1) is 19.9. The molecular formula is C20H20FN5OS2. The first-order chi connectivity index (χ1) is 14.0. The summed E-state index contributed by atoms with van der Waals surface area (Å²) in [5.41, 5.74) is 1.72. The second-order valence-corrected chi connectivity index (χ2v) is 8.71. The third-order valence-corrected chi connectivity index (χ3v) is 6.05. The van der Waals surface area contributed by atoms with Crippen molar-refractivity contribution in [3.63, 3.8) is 0 Å². The second-order valence-electron chi connectivity index (χ2n) is 6.99. The van der Waals surface area contributed by atoms with Crippen LogP contribution in [0.2, 0.25) is 0 Å². The van der Waals surface area contributed by atoms with Gasteiger partial charge in [0, 0.05) is 30.8 Å². The maximum Gasteiger partial charge on any atom is 0.263 e. The van der Waals surface area contributed by atoms with Gasteiger partial charge in [-0.2, -0.15) is 0 Å². The minimum absolute atomic E-state index is 0.308. The summed E-state index contributed by atoms with van der Waals surface area (Å²) < 4.78 is 14.7. The first-order valence-electron chi connectivity index (χ1n) is 9.30. The highest BCUT2D eigenvalue weighted by Crippen LogP contribution is 2.29. The van der Waals surface area contributed by atoms with Gasteiger partial charge in [-0.15, -0.1) is 0 Å². The lowest BCUT2D eigenvalue weighted by molar-refractivity contribution is -0.115. The number of nitrogens with zero attached hydrogens (tertiary/aromatic N) is 4. The molecule has 0 bridgehead atoms. The van der Waals surface area contributed by atoms with Crippen molar-refractivity contribution in [3.8, 4) is 11.3 Å². The Morgan fingerprint density at radius 2 is 2.10 bits per heavy atom. The van der Waals surface area contributed by atoms with E-state index in [2.05, 4.69) is 27.1 Å². The fourth-order valence-electron chi connectivity index (χ4n) is 3.30. The molecule has 6 nitrogen and oxygen atoms in total. The zero-order valence-electron chi connectivity index (χ0n) is 15.9. The van der Waals surface area contributed by atoms with Gasteiger partial charge in [-0.3, -0.25) is 9.78 Å². The molecule has 3 heterocycles. The number of carbonyl (C=O) groups excluding carboxylic acids is 1. The second kappa shape index (κ2) is 8.56. The molecule has 1 aromatic heterocycles. The summed E-state index contributed by atoms with van der Waals surface area (Å²) in [6, 6.07) is 4.74. The van der Waals surface area contributed by atoms with E-state index in [1.54, 1.807) is 24.5 Å². The number of halogens is 1. The molecule has 1 N–H and O–H groups in total. The predicted octanol–water partition coefficient (Wildman–Crippen LogP) is 2.91. The van der Waals surface area contributed by atoms with Crippen molar-refractivity contribution in [1.29, 1.82) is 0 Å². The number of likely N-dealkylation sites (N-methyl/N-ethyl adjacent to an activating group) is 1. The summed E-state index contributed by atoms with van der Waals surface area (Å²) >= 11 is 6.12. The number of benzene rings is 1. The summed E-state index contributed by atoms with van der Waals surface area (Å²) in [5, 5.41) is 2.54. The number of thioether (sulfide) groups is 1. The molecule has 2 aliphatic heterocycles. The Hall–Kier alpha value is -2.36. The van der Waals surface area contributed by atoms with Gasteiger partial charge in [0.25, 0.3) is 5.91 Å². The van der Waals surface area contributed by atoms with Gasteiger partial charge in [-0.1, -0.05) is 24.0 Å². The Labute approximate surface area is 178 Å². The zero-order valence-corrected chi connectivity index (χ0v) is 17.5. The molecule has 0 aliphatic carbocycles. The summed E-state index contributed by atoms with van der Waals surface area (Å²) in [6.07, 6.45) is 6.02. The standard InChI is InChI=1S/C20H20FN5OS2/c1-25-5-2-6-26(8-7-25)18-12-22-11-16(23-18)13-3-4-15(21)14(9-13)10-17-19(27)24-20(28)29-17/h3-4,9-12H,2,5-8H2,1H3,(H,24,27,28)/b17-10-. The van der Waals surface area contributed by atoms with Gasteiger partial charge in [0.1, 0.15) is 16.0 Å². The quantitative estimate of drug-likeness (QED) is 0.595. The molecule has 0 radical (unpaired) electrons. The molecule has 4 rings (SSSR count). The molecule has 2 aliphatic rings. The van der Waals surface area contributed by atoms with Crippen LogP contribution in [0.25, 0.3) is 17.3 Å². The Morgan fingerprint density at radius 1 is 1.24 bits per heavy atom. The Balaban J connectivity index is 1.63. The number of carbonyl (C=O) groups is 1. The van der Waals surface area contributed by atoms with Crippen LogP contribution in [0.3, 0.4) is 0 Å². The summed E-state index contributed by atoms with van der Waals surface area (Å²) in [4.78, 5) is 25.9. The smallest absolute Gasteiger partial charge is 0.263 e. The molecule has 1 amide bonds. The lowest BCUT2D eigenvalue weighted by Crippen LogP contribution is -2.29. The molecule has 0 atom stereocenters. The number of anilines is 1. The third kappa shape index (κ3) is 4.63. The van der Waals surface area contributed by atoms with Gasteiger partial charge < -0.3 is 15.1 Å². The molecule has 1 aromatic carbocycles. The molecule has 0 saturated carbocycles. The van der Waals surface area contributed by atoms with Crippen LogP contribution in [0.5, 0.6) is 0 Å². The maximum atomic E-state index is 14.3. The predicted molar refractivity (Wildman–Crippen MR) is 118 cm³/mol. The van der Waals surface area contributed by atoms with E-state index in [0.29, 0.717) is 20.5 Å². The molecule has 0 spiro atoms. The van der Waals surface area contributed by atoms with E-state index in [4.69, 9.17) is 17.2 Å². The van der Waals surface area contributed by atoms with Crippen molar-refractivity contribution in [3.05, 3.63) is 46.9 Å². The molecular weight excluding hydrogens is 409 g/mol. The van der Waals surface area contributed by atoms with Crippen molar-refractivity contribution in [1.82, 2.24) is 20.2 Å². The van der Waals surface area contributed by atoms with Crippen molar-refractivity contribution < 1.29 is 9.18 Å². The topological polar surface area (TPSA) is 61.4 Å². The minimum Gasteiger partial charge on any atom is -0.354 e. The van der Waals surface area contributed by atoms with Gasteiger partial charge in [-0.05, 0) is 44.3 Å². The van der Waals surface area contributed by atoms with Crippen molar-refractivity contribution in [2.24, 2.45) is 0 Å². The minimum atomic E-state index is -0.410. The highest BCUT2D eigenvalue weighted by atomic mass is 32.2. The summed E-state index contributed by atoms with van der Waals surface area (Å²) in [7, 11) is 2.12. The number of hydrogen-bond acceptors (Lipinski definition) is 7. The molecule has 2 aromatic rings. The lowest BCUT2D eigenvalue weighted by Gasteiger charge is -2.21. The largest absolute Gasteiger partial charge is 0.354 e. The van der Waals surface area contributed by atoms with Crippen LogP contribution >= 0.6 is 24.0 Å². The Bertz CT molecular complexity index is 997.